The summed E-state index contributed by atoms with van der Waals surface area (Å²) in [5.41, 5.74) is 0.103. The Labute approximate surface area is 93.0 Å². The minimum absolute atomic E-state index is 0.0531. The molecule has 0 radical (unpaired) electrons. The molecule has 2 heterocycles. The molecule has 0 atom stereocenters. The van der Waals surface area contributed by atoms with Crippen molar-refractivity contribution in [1.29, 1.82) is 0 Å². The van der Waals surface area contributed by atoms with E-state index in [-0.39, 0.29) is 23.8 Å². The average Bonchev–Trinajstić information content (AvgIpc) is 2.59. The standard InChI is InChI=1S/C12H11NO3/c1-2-4-8-5-3-6-10(16-8)11-9(14)7-13-12(11)15/h2-6H,7H2,1H3,(H,13,15)/b4-2+,11-10?. The van der Waals surface area contributed by atoms with Crippen LogP contribution < -0.4 is 5.32 Å². The van der Waals surface area contributed by atoms with Gasteiger partial charge >= 0.3 is 0 Å². The third-order valence-electron chi connectivity index (χ3n) is 2.23. The normalized spacial score (nSPS) is 24.7. The van der Waals surface area contributed by atoms with Crippen molar-refractivity contribution in [3.63, 3.8) is 0 Å². The lowest BCUT2D eigenvalue weighted by atomic mass is 10.1. The zero-order valence-electron chi connectivity index (χ0n) is 8.82. The molecule has 2 aliphatic rings. The molecule has 2 aliphatic heterocycles. The number of ether oxygens (including phenoxy) is 1. The summed E-state index contributed by atoms with van der Waals surface area (Å²) in [4.78, 5) is 22.9. The van der Waals surface area contributed by atoms with Gasteiger partial charge in [0.05, 0.1) is 6.54 Å². The van der Waals surface area contributed by atoms with Crippen molar-refractivity contribution < 1.29 is 14.3 Å². The van der Waals surface area contributed by atoms with E-state index < -0.39 is 0 Å². The van der Waals surface area contributed by atoms with Gasteiger partial charge < -0.3 is 10.1 Å². The molecule has 1 amide bonds. The second kappa shape index (κ2) is 4.18. The number of allylic oxidation sites excluding steroid dienone is 5. The SMILES string of the molecule is C/C=C/C1=CC=CC(=C2C(=O)CNC2=O)O1. The molecule has 1 saturated heterocycles. The number of carbonyl (C=O) groups excluding carboxylic acids is 2. The van der Waals surface area contributed by atoms with Gasteiger partial charge in [0, 0.05) is 0 Å². The lowest BCUT2D eigenvalue weighted by Gasteiger charge is -2.11. The van der Waals surface area contributed by atoms with Crippen LogP contribution in [0.2, 0.25) is 0 Å². The number of ketones is 1. The van der Waals surface area contributed by atoms with Crippen LogP contribution in [-0.2, 0) is 14.3 Å². The maximum Gasteiger partial charge on any atom is 0.259 e. The van der Waals surface area contributed by atoms with Crippen molar-refractivity contribution in [3.05, 3.63) is 47.5 Å². The summed E-state index contributed by atoms with van der Waals surface area (Å²) >= 11 is 0. The molecule has 0 aromatic carbocycles. The molecule has 4 heteroatoms. The lowest BCUT2D eigenvalue weighted by Crippen LogP contribution is -2.15. The predicted octanol–water partition coefficient (Wildman–Crippen LogP) is 0.986. The molecule has 1 N–H and O–H groups in total. The van der Waals surface area contributed by atoms with Gasteiger partial charge in [0.1, 0.15) is 17.1 Å². The third-order valence-corrected chi connectivity index (χ3v) is 2.23. The Kier molecular flexibility index (Phi) is 2.72. The monoisotopic (exact) mass is 217 g/mol. The first-order chi connectivity index (χ1) is 7.72. The Bertz CT molecular complexity index is 449. The van der Waals surface area contributed by atoms with Crippen molar-refractivity contribution in [2.45, 2.75) is 6.92 Å². The molecule has 1 fully saturated rings. The minimum Gasteiger partial charge on any atom is -0.456 e. The Hall–Kier alpha value is -2.10. The van der Waals surface area contributed by atoms with Crippen LogP contribution in [0.25, 0.3) is 0 Å². The molecule has 4 nitrogen and oxygen atoms in total. The fourth-order valence-corrected chi connectivity index (χ4v) is 1.53. The molecule has 0 spiro atoms. The topological polar surface area (TPSA) is 55.4 Å². The molecule has 0 bridgehead atoms. The van der Waals surface area contributed by atoms with Crippen LogP contribution in [0.15, 0.2) is 47.5 Å². The van der Waals surface area contributed by atoms with Crippen molar-refractivity contribution >= 4 is 11.7 Å². The van der Waals surface area contributed by atoms with Crippen molar-refractivity contribution in [2.24, 2.45) is 0 Å². The van der Waals surface area contributed by atoms with Crippen LogP contribution in [0, 0.1) is 0 Å². The van der Waals surface area contributed by atoms with Gasteiger partial charge in [0.2, 0.25) is 0 Å². The van der Waals surface area contributed by atoms with Gasteiger partial charge in [-0.15, -0.1) is 0 Å². The number of hydrogen-bond donors (Lipinski definition) is 1. The van der Waals surface area contributed by atoms with E-state index in [1.807, 2.05) is 13.0 Å². The maximum atomic E-state index is 11.5. The summed E-state index contributed by atoms with van der Waals surface area (Å²) in [6, 6.07) is 0. The van der Waals surface area contributed by atoms with Crippen LogP contribution in [-0.4, -0.2) is 18.2 Å². The highest BCUT2D eigenvalue weighted by molar-refractivity contribution is 6.25. The number of amides is 1. The smallest absolute Gasteiger partial charge is 0.259 e. The summed E-state index contributed by atoms with van der Waals surface area (Å²) in [7, 11) is 0. The summed E-state index contributed by atoms with van der Waals surface area (Å²) < 4.78 is 5.44. The number of Topliss-reactive ketones (excluding diaryl/α,β-unsaturated/α-hetero) is 1. The Morgan fingerprint density at radius 2 is 2.25 bits per heavy atom. The molecular weight excluding hydrogens is 206 g/mol. The minimum atomic E-state index is -0.369. The van der Waals surface area contributed by atoms with E-state index in [0.29, 0.717) is 11.5 Å². The highest BCUT2D eigenvalue weighted by Crippen LogP contribution is 2.21. The van der Waals surface area contributed by atoms with E-state index in [2.05, 4.69) is 5.32 Å². The number of rotatable bonds is 1. The second-order valence-corrected chi connectivity index (χ2v) is 3.38. The third kappa shape index (κ3) is 1.82. The fraction of sp³-hybridized carbons (Fsp3) is 0.167. The Morgan fingerprint density at radius 1 is 1.44 bits per heavy atom. The molecule has 16 heavy (non-hydrogen) atoms. The average molecular weight is 217 g/mol. The van der Waals surface area contributed by atoms with Crippen molar-refractivity contribution in [1.82, 2.24) is 5.32 Å². The molecule has 0 aliphatic carbocycles. The second-order valence-electron chi connectivity index (χ2n) is 3.38. The van der Waals surface area contributed by atoms with Gasteiger partial charge in [-0.05, 0) is 25.2 Å². The van der Waals surface area contributed by atoms with E-state index in [1.165, 1.54) is 0 Å². The van der Waals surface area contributed by atoms with E-state index in [1.54, 1.807) is 24.3 Å². The van der Waals surface area contributed by atoms with E-state index in [9.17, 15) is 9.59 Å². The summed E-state index contributed by atoms with van der Waals surface area (Å²) in [6.45, 7) is 1.92. The van der Waals surface area contributed by atoms with Gasteiger partial charge in [-0.2, -0.15) is 0 Å². The van der Waals surface area contributed by atoms with Gasteiger partial charge in [-0.3, -0.25) is 9.59 Å². The van der Waals surface area contributed by atoms with Crippen LogP contribution in [0.3, 0.4) is 0 Å². The van der Waals surface area contributed by atoms with E-state index in [4.69, 9.17) is 4.74 Å². The van der Waals surface area contributed by atoms with E-state index in [0.717, 1.165) is 0 Å². The number of nitrogens with one attached hydrogen (secondary N) is 1. The van der Waals surface area contributed by atoms with Gasteiger partial charge in [-0.1, -0.05) is 12.2 Å². The largest absolute Gasteiger partial charge is 0.456 e. The van der Waals surface area contributed by atoms with Gasteiger partial charge in [0.25, 0.3) is 5.91 Å². The van der Waals surface area contributed by atoms with Crippen molar-refractivity contribution in [2.75, 3.05) is 6.54 Å². The number of hydrogen-bond acceptors (Lipinski definition) is 3. The zero-order chi connectivity index (χ0) is 11.5. The van der Waals surface area contributed by atoms with Crippen LogP contribution in [0.1, 0.15) is 6.92 Å². The van der Waals surface area contributed by atoms with Crippen molar-refractivity contribution in [3.8, 4) is 0 Å². The first-order valence-electron chi connectivity index (χ1n) is 4.97. The van der Waals surface area contributed by atoms with Gasteiger partial charge in [-0.25, -0.2) is 0 Å². The Balaban J connectivity index is 2.34. The molecule has 0 unspecified atom stereocenters. The summed E-state index contributed by atoms with van der Waals surface area (Å²) in [6.07, 6.45) is 8.72. The molecule has 2 rings (SSSR count). The molecule has 0 aromatic heterocycles. The van der Waals surface area contributed by atoms with Crippen LogP contribution in [0.4, 0.5) is 0 Å². The van der Waals surface area contributed by atoms with E-state index >= 15 is 0 Å². The molecule has 82 valence electrons. The molecule has 0 aromatic rings. The lowest BCUT2D eigenvalue weighted by molar-refractivity contribution is -0.117. The Morgan fingerprint density at radius 3 is 2.88 bits per heavy atom. The maximum absolute atomic E-state index is 11.5. The number of carbonyl (C=O) groups is 2. The zero-order valence-corrected chi connectivity index (χ0v) is 8.82. The molecular formula is C12H11NO3. The quantitative estimate of drug-likeness (QED) is 0.526. The van der Waals surface area contributed by atoms with Gasteiger partial charge in [0.15, 0.2) is 5.78 Å². The highest BCUT2D eigenvalue weighted by Gasteiger charge is 2.30. The van der Waals surface area contributed by atoms with Crippen LogP contribution >= 0.6 is 0 Å². The summed E-state index contributed by atoms with van der Waals surface area (Å²) in [5, 5.41) is 2.47. The summed E-state index contributed by atoms with van der Waals surface area (Å²) in [5.74, 6) is 0.327. The first kappa shape index (κ1) is 10.4. The highest BCUT2D eigenvalue weighted by atomic mass is 16.5. The van der Waals surface area contributed by atoms with Crippen LogP contribution in [0.5, 0.6) is 0 Å². The fourth-order valence-electron chi connectivity index (χ4n) is 1.53. The first-order valence-corrected chi connectivity index (χ1v) is 4.97. The molecule has 0 saturated carbocycles. The predicted molar refractivity (Wildman–Crippen MR) is 58.2 cm³/mol.